The van der Waals surface area contributed by atoms with Crippen molar-refractivity contribution >= 4 is 18.3 Å². The minimum atomic E-state index is 0. The topological polar surface area (TPSA) is 48.1 Å². The average molecular weight is 244 g/mol. The van der Waals surface area contributed by atoms with Crippen LogP contribution in [0, 0.1) is 0 Å². The maximum Gasteiger partial charge on any atom is 0.270 e. The summed E-state index contributed by atoms with van der Waals surface area (Å²) in [4.78, 5) is 16.8. The minimum Gasteiger partial charge on any atom is -0.357 e. The van der Waals surface area contributed by atoms with Crippen LogP contribution in [-0.4, -0.2) is 42.0 Å². The quantitative estimate of drug-likeness (QED) is 0.822. The van der Waals surface area contributed by atoms with E-state index in [9.17, 15) is 4.79 Å². The van der Waals surface area contributed by atoms with Crippen molar-refractivity contribution < 1.29 is 4.79 Å². The van der Waals surface area contributed by atoms with Gasteiger partial charge in [-0.25, -0.2) is 0 Å². The molecule has 1 amide bonds. The largest absolute Gasteiger partial charge is 0.357 e. The van der Waals surface area contributed by atoms with Crippen molar-refractivity contribution in [3.8, 4) is 0 Å². The monoisotopic (exact) mass is 243 g/mol. The Morgan fingerprint density at radius 1 is 1.44 bits per heavy atom. The van der Waals surface area contributed by atoms with Gasteiger partial charge in [0.25, 0.3) is 5.91 Å². The predicted octanol–water partition coefficient (Wildman–Crippen LogP) is 1.26. The highest BCUT2D eigenvalue weighted by Crippen LogP contribution is 2.12. The molecule has 1 aliphatic rings. The molecule has 0 radical (unpaired) electrons. The number of carbonyl (C=O) groups is 1. The van der Waals surface area contributed by atoms with Crippen molar-refractivity contribution in [1.82, 2.24) is 15.2 Å². The lowest BCUT2D eigenvalue weighted by molar-refractivity contribution is 0.0698. The van der Waals surface area contributed by atoms with Crippen LogP contribution in [-0.2, 0) is 0 Å². The molecule has 2 rings (SSSR count). The molecule has 5 heteroatoms. The maximum atomic E-state index is 12.0. The van der Waals surface area contributed by atoms with Gasteiger partial charge in [0.05, 0.1) is 0 Å². The Labute approximate surface area is 102 Å². The molecule has 0 spiro atoms. The van der Waals surface area contributed by atoms with Crippen LogP contribution in [0.15, 0.2) is 18.3 Å². The number of rotatable bonds is 2. The number of amides is 1. The Kier molecular flexibility index (Phi) is 4.83. The second-order valence-electron chi connectivity index (χ2n) is 3.98. The molecule has 0 aromatic carbocycles. The number of hydrogen-bond donors (Lipinski definition) is 2. The van der Waals surface area contributed by atoms with Crippen molar-refractivity contribution in [2.24, 2.45) is 0 Å². The van der Waals surface area contributed by atoms with Gasteiger partial charge in [0.1, 0.15) is 5.69 Å². The smallest absolute Gasteiger partial charge is 0.270 e. The first kappa shape index (κ1) is 13.1. The zero-order chi connectivity index (χ0) is 10.7. The lowest BCUT2D eigenvalue weighted by Gasteiger charge is -2.31. The molecule has 0 unspecified atom stereocenters. The number of H-pyrrole nitrogens is 1. The first-order chi connectivity index (χ1) is 7.29. The van der Waals surface area contributed by atoms with E-state index in [0.717, 1.165) is 25.9 Å². The SMILES string of the molecule is CN(C(=O)c1ccc[nH]1)C1CCNCC1.Cl. The lowest BCUT2D eigenvalue weighted by Crippen LogP contribution is -2.44. The third-order valence-corrected chi connectivity index (χ3v) is 3.01. The highest BCUT2D eigenvalue weighted by molar-refractivity contribution is 5.92. The number of aromatic nitrogens is 1. The van der Waals surface area contributed by atoms with Gasteiger partial charge in [0.2, 0.25) is 0 Å². The molecule has 1 aromatic heterocycles. The number of carbonyl (C=O) groups excluding carboxylic acids is 1. The van der Waals surface area contributed by atoms with Gasteiger partial charge in [-0.05, 0) is 38.1 Å². The Morgan fingerprint density at radius 3 is 2.69 bits per heavy atom. The van der Waals surface area contributed by atoms with E-state index >= 15 is 0 Å². The van der Waals surface area contributed by atoms with E-state index in [0.29, 0.717) is 11.7 Å². The fourth-order valence-electron chi connectivity index (χ4n) is 2.01. The first-order valence-corrected chi connectivity index (χ1v) is 5.40. The van der Waals surface area contributed by atoms with Crippen molar-refractivity contribution in [2.45, 2.75) is 18.9 Å². The summed E-state index contributed by atoms with van der Waals surface area (Å²) in [6.45, 7) is 2.01. The maximum absolute atomic E-state index is 12.0. The third-order valence-electron chi connectivity index (χ3n) is 3.01. The molecule has 1 saturated heterocycles. The van der Waals surface area contributed by atoms with E-state index in [1.807, 2.05) is 24.1 Å². The first-order valence-electron chi connectivity index (χ1n) is 5.40. The van der Waals surface area contributed by atoms with Crippen LogP contribution in [0.1, 0.15) is 23.3 Å². The van der Waals surface area contributed by atoms with Crippen LogP contribution in [0.2, 0.25) is 0 Å². The second kappa shape index (κ2) is 5.92. The number of aromatic amines is 1. The number of nitrogens with zero attached hydrogens (tertiary/aromatic N) is 1. The Balaban J connectivity index is 0.00000128. The third kappa shape index (κ3) is 2.77. The standard InChI is InChI=1S/C11H17N3O.ClH/c1-14(9-4-7-12-8-5-9)11(15)10-3-2-6-13-10;/h2-3,6,9,12-13H,4-5,7-8H2,1H3;1H. The molecule has 1 aliphatic heterocycles. The van der Waals surface area contributed by atoms with Crippen LogP contribution < -0.4 is 5.32 Å². The van der Waals surface area contributed by atoms with E-state index in [1.165, 1.54) is 0 Å². The van der Waals surface area contributed by atoms with Crippen molar-refractivity contribution in [1.29, 1.82) is 0 Å². The fourth-order valence-corrected chi connectivity index (χ4v) is 2.01. The number of hydrogen-bond acceptors (Lipinski definition) is 2. The number of nitrogens with one attached hydrogen (secondary N) is 2. The summed E-state index contributed by atoms with van der Waals surface area (Å²) in [5.41, 5.74) is 0.677. The molecule has 16 heavy (non-hydrogen) atoms. The van der Waals surface area contributed by atoms with Gasteiger partial charge < -0.3 is 15.2 Å². The van der Waals surface area contributed by atoms with E-state index < -0.39 is 0 Å². The molecule has 1 fully saturated rings. The van der Waals surface area contributed by atoms with Crippen LogP contribution in [0.3, 0.4) is 0 Å². The minimum absolute atomic E-state index is 0. The zero-order valence-corrected chi connectivity index (χ0v) is 10.2. The molecule has 0 bridgehead atoms. The summed E-state index contributed by atoms with van der Waals surface area (Å²) < 4.78 is 0. The Morgan fingerprint density at radius 2 is 2.12 bits per heavy atom. The van der Waals surface area contributed by atoms with Gasteiger partial charge in [-0.3, -0.25) is 4.79 Å². The molecule has 4 nitrogen and oxygen atoms in total. The molecule has 1 aromatic rings. The highest BCUT2D eigenvalue weighted by Gasteiger charge is 2.22. The van der Waals surface area contributed by atoms with Gasteiger partial charge >= 0.3 is 0 Å². The summed E-state index contributed by atoms with van der Waals surface area (Å²) in [6, 6.07) is 4.05. The molecular weight excluding hydrogens is 226 g/mol. The summed E-state index contributed by atoms with van der Waals surface area (Å²) in [5.74, 6) is 0.0897. The molecule has 2 heterocycles. The molecule has 0 aliphatic carbocycles. The summed E-state index contributed by atoms with van der Waals surface area (Å²) in [6.07, 6.45) is 3.87. The molecule has 90 valence electrons. The van der Waals surface area contributed by atoms with Crippen molar-refractivity contribution in [3.05, 3.63) is 24.0 Å². The summed E-state index contributed by atoms with van der Waals surface area (Å²) in [5, 5.41) is 3.30. The van der Waals surface area contributed by atoms with Crippen LogP contribution in [0.4, 0.5) is 0 Å². The van der Waals surface area contributed by atoms with E-state index in [4.69, 9.17) is 0 Å². The van der Waals surface area contributed by atoms with Gasteiger partial charge in [0, 0.05) is 19.3 Å². The normalized spacial score (nSPS) is 16.6. The van der Waals surface area contributed by atoms with Crippen LogP contribution in [0.25, 0.3) is 0 Å². The highest BCUT2D eigenvalue weighted by atomic mass is 35.5. The predicted molar refractivity (Wildman–Crippen MR) is 66.0 cm³/mol. The molecule has 2 N–H and O–H groups in total. The average Bonchev–Trinajstić information content (AvgIpc) is 2.82. The Hall–Kier alpha value is -1.00. The van der Waals surface area contributed by atoms with E-state index in [1.54, 1.807) is 6.20 Å². The van der Waals surface area contributed by atoms with Crippen LogP contribution >= 0.6 is 12.4 Å². The summed E-state index contributed by atoms with van der Waals surface area (Å²) >= 11 is 0. The molecular formula is C11H18ClN3O. The van der Waals surface area contributed by atoms with Gasteiger partial charge in [0.15, 0.2) is 0 Å². The van der Waals surface area contributed by atoms with Crippen molar-refractivity contribution in [2.75, 3.05) is 20.1 Å². The fraction of sp³-hybridized carbons (Fsp3) is 0.545. The lowest BCUT2D eigenvalue weighted by atomic mass is 10.1. The molecule has 0 atom stereocenters. The van der Waals surface area contributed by atoms with E-state index in [-0.39, 0.29) is 18.3 Å². The molecule has 0 saturated carbocycles. The zero-order valence-electron chi connectivity index (χ0n) is 9.40. The van der Waals surface area contributed by atoms with E-state index in [2.05, 4.69) is 10.3 Å². The van der Waals surface area contributed by atoms with Gasteiger partial charge in [-0.1, -0.05) is 0 Å². The van der Waals surface area contributed by atoms with Crippen LogP contribution in [0.5, 0.6) is 0 Å². The number of piperidine rings is 1. The number of halogens is 1. The van der Waals surface area contributed by atoms with Gasteiger partial charge in [-0.2, -0.15) is 0 Å². The van der Waals surface area contributed by atoms with Gasteiger partial charge in [-0.15, -0.1) is 12.4 Å². The summed E-state index contributed by atoms with van der Waals surface area (Å²) in [7, 11) is 1.89. The Bertz CT molecular complexity index is 320. The second-order valence-corrected chi connectivity index (χ2v) is 3.98. The van der Waals surface area contributed by atoms with Crippen molar-refractivity contribution in [3.63, 3.8) is 0 Å².